The SMILES string of the molecule is CCC(C)c1ccc(C(CC)CNC)cc1. The number of rotatable bonds is 6. The van der Waals surface area contributed by atoms with E-state index in [1.54, 1.807) is 0 Å². The molecule has 0 radical (unpaired) electrons. The fourth-order valence-electron chi connectivity index (χ4n) is 2.08. The second-order valence-electron chi connectivity index (χ2n) is 4.64. The van der Waals surface area contributed by atoms with E-state index < -0.39 is 0 Å². The molecule has 16 heavy (non-hydrogen) atoms. The van der Waals surface area contributed by atoms with Crippen molar-refractivity contribution in [3.05, 3.63) is 35.4 Å². The van der Waals surface area contributed by atoms with Gasteiger partial charge in [0, 0.05) is 6.54 Å². The first-order valence-electron chi connectivity index (χ1n) is 6.47. The second-order valence-corrected chi connectivity index (χ2v) is 4.64. The van der Waals surface area contributed by atoms with Gasteiger partial charge < -0.3 is 5.32 Å². The van der Waals surface area contributed by atoms with Crippen molar-refractivity contribution in [3.8, 4) is 0 Å². The quantitative estimate of drug-likeness (QED) is 0.765. The molecule has 90 valence electrons. The summed E-state index contributed by atoms with van der Waals surface area (Å²) in [6.45, 7) is 7.86. The Bertz CT molecular complexity index is 289. The Hall–Kier alpha value is -0.820. The molecule has 1 aromatic carbocycles. The van der Waals surface area contributed by atoms with Gasteiger partial charge in [-0.1, -0.05) is 45.0 Å². The largest absolute Gasteiger partial charge is 0.319 e. The summed E-state index contributed by atoms with van der Waals surface area (Å²) < 4.78 is 0. The van der Waals surface area contributed by atoms with Gasteiger partial charge in [0.05, 0.1) is 0 Å². The molecular formula is C15H25N. The van der Waals surface area contributed by atoms with E-state index >= 15 is 0 Å². The van der Waals surface area contributed by atoms with Gasteiger partial charge in [0.15, 0.2) is 0 Å². The van der Waals surface area contributed by atoms with Gasteiger partial charge in [-0.2, -0.15) is 0 Å². The van der Waals surface area contributed by atoms with Crippen LogP contribution in [0.4, 0.5) is 0 Å². The highest BCUT2D eigenvalue weighted by atomic mass is 14.8. The third-order valence-corrected chi connectivity index (χ3v) is 3.53. The van der Waals surface area contributed by atoms with Crippen molar-refractivity contribution >= 4 is 0 Å². The summed E-state index contributed by atoms with van der Waals surface area (Å²) in [5.41, 5.74) is 2.93. The lowest BCUT2D eigenvalue weighted by Gasteiger charge is -2.16. The van der Waals surface area contributed by atoms with Crippen LogP contribution in [0.25, 0.3) is 0 Å². The van der Waals surface area contributed by atoms with Gasteiger partial charge >= 0.3 is 0 Å². The Morgan fingerprint density at radius 3 is 2.00 bits per heavy atom. The van der Waals surface area contributed by atoms with Gasteiger partial charge in [-0.05, 0) is 42.9 Å². The average Bonchev–Trinajstić information content (AvgIpc) is 2.35. The first kappa shape index (κ1) is 13.2. The first-order valence-corrected chi connectivity index (χ1v) is 6.47. The average molecular weight is 219 g/mol. The molecule has 2 unspecified atom stereocenters. The van der Waals surface area contributed by atoms with Crippen LogP contribution in [0.15, 0.2) is 24.3 Å². The molecule has 0 aliphatic carbocycles. The van der Waals surface area contributed by atoms with E-state index in [1.165, 1.54) is 24.0 Å². The number of likely N-dealkylation sites (N-methyl/N-ethyl adjacent to an activating group) is 1. The van der Waals surface area contributed by atoms with E-state index in [0.717, 1.165) is 6.54 Å². The molecule has 0 saturated carbocycles. The van der Waals surface area contributed by atoms with Crippen LogP contribution in [0, 0.1) is 0 Å². The molecule has 1 rings (SSSR count). The molecule has 0 spiro atoms. The highest BCUT2D eigenvalue weighted by molar-refractivity contribution is 5.27. The molecule has 1 N–H and O–H groups in total. The molecule has 2 atom stereocenters. The normalized spacial score (nSPS) is 14.8. The van der Waals surface area contributed by atoms with E-state index in [9.17, 15) is 0 Å². The zero-order valence-corrected chi connectivity index (χ0v) is 11.1. The van der Waals surface area contributed by atoms with Gasteiger partial charge in [0.1, 0.15) is 0 Å². The van der Waals surface area contributed by atoms with E-state index in [4.69, 9.17) is 0 Å². The number of benzene rings is 1. The minimum atomic E-state index is 0.649. The van der Waals surface area contributed by atoms with Crippen LogP contribution >= 0.6 is 0 Å². The molecule has 0 aliphatic heterocycles. The molecule has 1 nitrogen and oxygen atoms in total. The predicted molar refractivity (Wildman–Crippen MR) is 72.1 cm³/mol. The van der Waals surface area contributed by atoms with Gasteiger partial charge in [-0.25, -0.2) is 0 Å². The Balaban J connectivity index is 2.76. The van der Waals surface area contributed by atoms with Crippen LogP contribution in [-0.4, -0.2) is 13.6 Å². The van der Waals surface area contributed by atoms with Crippen molar-refractivity contribution in [3.63, 3.8) is 0 Å². The summed E-state index contributed by atoms with van der Waals surface area (Å²) in [5, 5.41) is 3.27. The van der Waals surface area contributed by atoms with Crippen LogP contribution in [0.5, 0.6) is 0 Å². The van der Waals surface area contributed by atoms with Gasteiger partial charge in [0.25, 0.3) is 0 Å². The van der Waals surface area contributed by atoms with Gasteiger partial charge in [-0.15, -0.1) is 0 Å². The third kappa shape index (κ3) is 3.34. The van der Waals surface area contributed by atoms with Crippen LogP contribution in [-0.2, 0) is 0 Å². The molecule has 0 aromatic heterocycles. The summed E-state index contributed by atoms with van der Waals surface area (Å²) in [7, 11) is 2.02. The maximum atomic E-state index is 3.27. The monoisotopic (exact) mass is 219 g/mol. The Morgan fingerprint density at radius 1 is 1.00 bits per heavy atom. The minimum absolute atomic E-state index is 0.649. The zero-order chi connectivity index (χ0) is 12.0. The molecular weight excluding hydrogens is 194 g/mol. The lowest BCUT2D eigenvalue weighted by Crippen LogP contribution is -2.16. The molecule has 0 fully saturated rings. The third-order valence-electron chi connectivity index (χ3n) is 3.53. The van der Waals surface area contributed by atoms with E-state index in [2.05, 4.69) is 50.4 Å². The standard InChI is InChI=1S/C15H25N/c1-5-12(3)14-7-9-15(10-8-14)13(6-2)11-16-4/h7-10,12-13,16H,5-6,11H2,1-4H3. The number of hydrogen-bond donors (Lipinski definition) is 1. The van der Waals surface area contributed by atoms with Crippen molar-refractivity contribution in [2.24, 2.45) is 0 Å². The fraction of sp³-hybridized carbons (Fsp3) is 0.600. The van der Waals surface area contributed by atoms with Crippen LogP contribution in [0.3, 0.4) is 0 Å². The summed E-state index contributed by atoms with van der Waals surface area (Å²) in [4.78, 5) is 0. The second kappa shape index (κ2) is 6.70. The Morgan fingerprint density at radius 2 is 1.56 bits per heavy atom. The first-order chi connectivity index (χ1) is 7.72. The van der Waals surface area contributed by atoms with Crippen molar-refractivity contribution in [2.45, 2.75) is 45.4 Å². The topological polar surface area (TPSA) is 12.0 Å². The van der Waals surface area contributed by atoms with E-state index in [-0.39, 0.29) is 0 Å². The number of nitrogens with one attached hydrogen (secondary N) is 1. The summed E-state index contributed by atoms with van der Waals surface area (Å²) in [5.74, 6) is 1.33. The molecule has 0 amide bonds. The Labute approximate surface area is 100 Å². The smallest absolute Gasteiger partial charge is 0.00170 e. The highest BCUT2D eigenvalue weighted by Crippen LogP contribution is 2.23. The maximum absolute atomic E-state index is 3.27. The van der Waals surface area contributed by atoms with Crippen molar-refractivity contribution in [1.29, 1.82) is 0 Å². The fourth-order valence-corrected chi connectivity index (χ4v) is 2.08. The maximum Gasteiger partial charge on any atom is 0.00170 e. The molecule has 0 heterocycles. The molecule has 0 aliphatic rings. The molecule has 0 saturated heterocycles. The van der Waals surface area contributed by atoms with Gasteiger partial charge in [-0.3, -0.25) is 0 Å². The highest BCUT2D eigenvalue weighted by Gasteiger charge is 2.09. The van der Waals surface area contributed by atoms with Gasteiger partial charge in [0.2, 0.25) is 0 Å². The predicted octanol–water partition coefficient (Wildman–Crippen LogP) is 3.91. The van der Waals surface area contributed by atoms with Crippen molar-refractivity contribution in [2.75, 3.05) is 13.6 Å². The summed E-state index contributed by atoms with van der Waals surface area (Å²) >= 11 is 0. The number of hydrogen-bond acceptors (Lipinski definition) is 1. The molecule has 1 heteroatoms. The summed E-state index contributed by atoms with van der Waals surface area (Å²) in [6.07, 6.45) is 2.41. The lowest BCUT2D eigenvalue weighted by molar-refractivity contribution is 0.611. The van der Waals surface area contributed by atoms with Crippen LogP contribution in [0.1, 0.15) is 56.6 Å². The molecule has 1 aromatic rings. The van der Waals surface area contributed by atoms with Crippen molar-refractivity contribution in [1.82, 2.24) is 5.32 Å². The van der Waals surface area contributed by atoms with Crippen LogP contribution < -0.4 is 5.32 Å². The zero-order valence-electron chi connectivity index (χ0n) is 11.1. The lowest BCUT2D eigenvalue weighted by atomic mass is 9.92. The molecule has 0 bridgehead atoms. The minimum Gasteiger partial charge on any atom is -0.319 e. The van der Waals surface area contributed by atoms with Crippen molar-refractivity contribution < 1.29 is 0 Å². The van der Waals surface area contributed by atoms with E-state index in [1.807, 2.05) is 7.05 Å². The summed E-state index contributed by atoms with van der Waals surface area (Å²) in [6, 6.07) is 9.18. The Kier molecular flexibility index (Phi) is 5.54. The van der Waals surface area contributed by atoms with E-state index in [0.29, 0.717) is 11.8 Å². The van der Waals surface area contributed by atoms with Crippen LogP contribution in [0.2, 0.25) is 0 Å².